The Morgan fingerprint density at radius 1 is 1.29 bits per heavy atom. The van der Waals surface area contributed by atoms with Gasteiger partial charge in [0.15, 0.2) is 0 Å². The van der Waals surface area contributed by atoms with E-state index < -0.39 is 11.9 Å². The van der Waals surface area contributed by atoms with Crippen molar-refractivity contribution in [3.63, 3.8) is 0 Å². The molecule has 0 bridgehead atoms. The highest BCUT2D eigenvalue weighted by Crippen LogP contribution is 2.23. The summed E-state index contributed by atoms with van der Waals surface area (Å²) in [6, 6.07) is -0.422. The predicted molar refractivity (Wildman–Crippen MR) is 78.1 cm³/mol. The summed E-state index contributed by atoms with van der Waals surface area (Å²) in [4.78, 5) is 27.3. The molecule has 2 heterocycles. The van der Waals surface area contributed by atoms with Gasteiger partial charge in [0.2, 0.25) is 0 Å². The number of carboxylic acid groups (broad SMARTS) is 1. The molecule has 2 aliphatic rings. The van der Waals surface area contributed by atoms with E-state index in [1.807, 2.05) is 4.90 Å². The lowest BCUT2D eigenvalue weighted by molar-refractivity contribution is -0.142. The molecular weight excluding hydrogens is 272 g/mol. The summed E-state index contributed by atoms with van der Waals surface area (Å²) in [6.07, 6.45) is 4.41. The fourth-order valence-corrected chi connectivity index (χ4v) is 3.29. The Balaban J connectivity index is 1.97. The van der Waals surface area contributed by atoms with E-state index in [2.05, 4.69) is 6.92 Å². The summed E-state index contributed by atoms with van der Waals surface area (Å²) in [5, 5.41) is 9.20. The monoisotopic (exact) mass is 298 g/mol. The standard InChI is InChI=1S/C15H26N2O4/c1-3-11-5-4-7-17(8-6-11)15(20)16(2)13-10-21-9-12(13)14(18)19/h11-13H,3-10H2,1-2H3,(H,18,19). The number of carboxylic acids is 1. The second kappa shape index (κ2) is 7.11. The zero-order valence-electron chi connectivity index (χ0n) is 13.0. The van der Waals surface area contributed by atoms with Crippen molar-refractivity contribution in [2.45, 2.75) is 38.6 Å². The van der Waals surface area contributed by atoms with Crippen LogP contribution in [0.15, 0.2) is 0 Å². The highest BCUT2D eigenvalue weighted by atomic mass is 16.5. The van der Waals surface area contributed by atoms with Crippen LogP contribution in [0.3, 0.4) is 0 Å². The number of likely N-dealkylation sites (tertiary alicyclic amines) is 1. The van der Waals surface area contributed by atoms with E-state index in [0.717, 1.165) is 32.4 Å². The van der Waals surface area contributed by atoms with Crippen LogP contribution in [-0.2, 0) is 9.53 Å². The van der Waals surface area contributed by atoms with Crippen molar-refractivity contribution in [2.75, 3.05) is 33.4 Å². The molecule has 1 N–H and O–H groups in total. The van der Waals surface area contributed by atoms with E-state index in [1.165, 1.54) is 6.42 Å². The molecule has 0 saturated carbocycles. The Morgan fingerprint density at radius 3 is 2.71 bits per heavy atom. The largest absolute Gasteiger partial charge is 0.481 e. The Morgan fingerprint density at radius 2 is 2.05 bits per heavy atom. The second-order valence-electron chi connectivity index (χ2n) is 6.14. The molecule has 2 rings (SSSR count). The Kier molecular flexibility index (Phi) is 5.45. The zero-order chi connectivity index (χ0) is 15.4. The van der Waals surface area contributed by atoms with Crippen LogP contribution in [-0.4, -0.2) is 66.3 Å². The number of rotatable bonds is 3. The zero-order valence-corrected chi connectivity index (χ0v) is 13.0. The summed E-state index contributed by atoms with van der Waals surface area (Å²) >= 11 is 0. The minimum Gasteiger partial charge on any atom is -0.481 e. The van der Waals surface area contributed by atoms with Crippen LogP contribution in [0.5, 0.6) is 0 Å². The van der Waals surface area contributed by atoms with Gasteiger partial charge in [0.1, 0.15) is 5.92 Å². The maximum absolute atomic E-state index is 12.6. The van der Waals surface area contributed by atoms with Crippen LogP contribution in [0.25, 0.3) is 0 Å². The average molecular weight is 298 g/mol. The van der Waals surface area contributed by atoms with Gasteiger partial charge in [0.05, 0.1) is 19.3 Å². The molecule has 2 saturated heterocycles. The van der Waals surface area contributed by atoms with Gasteiger partial charge in [-0.15, -0.1) is 0 Å². The van der Waals surface area contributed by atoms with Gasteiger partial charge in [-0.05, 0) is 25.2 Å². The van der Waals surface area contributed by atoms with Crippen molar-refractivity contribution in [3.05, 3.63) is 0 Å². The molecule has 0 radical (unpaired) electrons. The number of nitrogens with zero attached hydrogens (tertiary/aromatic N) is 2. The van der Waals surface area contributed by atoms with Crippen molar-refractivity contribution in [3.8, 4) is 0 Å². The highest BCUT2D eigenvalue weighted by molar-refractivity contribution is 5.77. The molecule has 0 aliphatic carbocycles. The van der Waals surface area contributed by atoms with Crippen molar-refractivity contribution in [1.29, 1.82) is 0 Å². The van der Waals surface area contributed by atoms with E-state index >= 15 is 0 Å². The number of ether oxygens (including phenoxy) is 1. The lowest BCUT2D eigenvalue weighted by Crippen LogP contribution is -2.50. The highest BCUT2D eigenvalue weighted by Gasteiger charge is 2.39. The molecule has 0 aromatic rings. The number of hydrogen-bond acceptors (Lipinski definition) is 3. The second-order valence-corrected chi connectivity index (χ2v) is 6.14. The van der Waals surface area contributed by atoms with Crippen LogP contribution in [0.1, 0.15) is 32.6 Å². The molecular formula is C15H26N2O4. The smallest absolute Gasteiger partial charge is 0.320 e. The third-order valence-corrected chi connectivity index (χ3v) is 4.86. The summed E-state index contributed by atoms with van der Waals surface area (Å²) < 4.78 is 5.26. The quantitative estimate of drug-likeness (QED) is 0.860. The van der Waals surface area contributed by atoms with E-state index in [9.17, 15) is 14.7 Å². The van der Waals surface area contributed by atoms with Gasteiger partial charge in [-0.25, -0.2) is 4.79 Å². The van der Waals surface area contributed by atoms with Gasteiger partial charge in [0.25, 0.3) is 0 Å². The Bertz CT molecular complexity index is 388. The van der Waals surface area contributed by atoms with Crippen molar-refractivity contribution in [1.82, 2.24) is 9.80 Å². The SMILES string of the molecule is CCC1CCCN(C(=O)N(C)C2COCC2C(=O)O)CC1. The number of urea groups is 1. The summed E-state index contributed by atoms with van der Waals surface area (Å²) in [5.41, 5.74) is 0. The number of carbonyl (C=O) groups excluding carboxylic acids is 1. The topological polar surface area (TPSA) is 70.1 Å². The fourth-order valence-electron chi connectivity index (χ4n) is 3.29. The van der Waals surface area contributed by atoms with Gasteiger partial charge in [0, 0.05) is 20.1 Å². The molecule has 3 atom stereocenters. The normalized spacial score (nSPS) is 30.0. The molecule has 0 spiro atoms. The van der Waals surface area contributed by atoms with Gasteiger partial charge in [-0.3, -0.25) is 4.79 Å². The third kappa shape index (κ3) is 3.67. The lowest BCUT2D eigenvalue weighted by Gasteiger charge is -2.32. The van der Waals surface area contributed by atoms with E-state index in [-0.39, 0.29) is 18.7 Å². The Labute approximate surface area is 126 Å². The van der Waals surface area contributed by atoms with Crippen molar-refractivity contribution in [2.24, 2.45) is 11.8 Å². The molecule has 6 nitrogen and oxygen atoms in total. The minimum absolute atomic E-state index is 0.0616. The van der Waals surface area contributed by atoms with E-state index in [0.29, 0.717) is 12.5 Å². The summed E-state index contributed by atoms with van der Waals surface area (Å²) in [6.45, 7) is 4.24. The minimum atomic E-state index is -0.890. The molecule has 120 valence electrons. The van der Waals surface area contributed by atoms with Gasteiger partial charge >= 0.3 is 12.0 Å². The number of amides is 2. The summed E-state index contributed by atoms with van der Waals surface area (Å²) in [5.74, 6) is -0.803. The number of likely N-dealkylation sites (N-methyl/N-ethyl adjacent to an activating group) is 1. The first-order valence-electron chi connectivity index (χ1n) is 7.86. The third-order valence-electron chi connectivity index (χ3n) is 4.86. The predicted octanol–water partition coefficient (Wildman–Crippen LogP) is 1.65. The van der Waals surface area contributed by atoms with Crippen molar-refractivity contribution >= 4 is 12.0 Å². The Hall–Kier alpha value is -1.30. The molecule has 21 heavy (non-hydrogen) atoms. The van der Waals surface area contributed by atoms with Gasteiger partial charge < -0.3 is 19.6 Å². The van der Waals surface area contributed by atoms with Crippen molar-refractivity contribution < 1.29 is 19.4 Å². The maximum atomic E-state index is 12.6. The lowest BCUT2D eigenvalue weighted by atomic mass is 9.98. The van der Waals surface area contributed by atoms with Gasteiger partial charge in [-0.2, -0.15) is 0 Å². The van der Waals surface area contributed by atoms with Crippen LogP contribution in [0, 0.1) is 11.8 Å². The first-order chi connectivity index (χ1) is 10.0. The van der Waals surface area contributed by atoms with E-state index in [4.69, 9.17) is 4.74 Å². The van der Waals surface area contributed by atoms with Crippen LogP contribution < -0.4 is 0 Å². The van der Waals surface area contributed by atoms with Crippen LogP contribution in [0.2, 0.25) is 0 Å². The van der Waals surface area contributed by atoms with Gasteiger partial charge in [-0.1, -0.05) is 13.3 Å². The van der Waals surface area contributed by atoms with E-state index in [1.54, 1.807) is 11.9 Å². The molecule has 3 unspecified atom stereocenters. The maximum Gasteiger partial charge on any atom is 0.320 e. The summed E-state index contributed by atoms with van der Waals surface area (Å²) in [7, 11) is 1.69. The number of aliphatic carboxylic acids is 1. The average Bonchev–Trinajstić information content (AvgIpc) is 2.84. The number of carbonyl (C=O) groups is 2. The molecule has 2 amide bonds. The molecule has 0 aromatic heterocycles. The first-order valence-corrected chi connectivity index (χ1v) is 7.86. The molecule has 0 aromatic carbocycles. The van der Waals surface area contributed by atoms with Crippen LogP contribution in [0.4, 0.5) is 4.79 Å². The fraction of sp³-hybridized carbons (Fsp3) is 0.867. The molecule has 2 aliphatic heterocycles. The number of hydrogen-bond donors (Lipinski definition) is 1. The molecule has 6 heteroatoms. The first kappa shape index (κ1) is 16.1. The van der Waals surface area contributed by atoms with Crippen LogP contribution >= 0.6 is 0 Å². The molecule has 2 fully saturated rings.